The Morgan fingerprint density at radius 2 is 2.35 bits per heavy atom. The van der Waals surface area contributed by atoms with Gasteiger partial charge in [0, 0.05) is 0 Å². The summed E-state index contributed by atoms with van der Waals surface area (Å²) in [4.78, 5) is 23.6. The molecule has 0 radical (unpaired) electrons. The Kier molecular flexibility index (Phi) is 3.63. The van der Waals surface area contributed by atoms with E-state index >= 15 is 0 Å². The maximum absolute atomic E-state index is 11.7. The molecule has 0 atom stereocenters. The molecule has 0 aromatic carbocycles. The molecule has 1 amide bonds. The Labute approximate surface area is 103 Å². The topological polar surface area (TPSA) is 67.4 Å². The van der Waals surface area contributed by atoms with Gasteiger partial charge in [-0.05, 0) is 12.5 Å². The monoisotopic (exact) mass is 254 g/mol. The first kappa shape index (κ1) is 11.9. The molecule has 0 fully saturated rings. The molecule has 2 heterocycles. The normalized spacial score (nSPS) is 13.6. The minimum absolute atomic E-state index is 0.150. The zero-order valence-corrected chi connectivity index (χ0v) is 10.4. The SMILES string of the molecule is CCCCOC(=O)c1cc2c(s1)NCNC2=O. The van der Waals surface area contributed by atoms with Gasteiger partial charge in [-0.2, -0.15) is 0 Å². The molecule has 5 nitrogen and oxygen atoms in total. The molecular formula is C11H14N2O3S. The third-order valence-corrected chi connectivity index (χ3v) is 3.48. The van der Waals surface area contributed by atoms with Crippen LogP contribution in [0.15, 0.2) is 6.07 Å². The highest BCUT2D eigenvalue weighted by Crippen LogP contribution is 2.30. The quantitative estimate of drug-likeness (QED) is 0.635. The zero-order valence-electron chi connectivity index (χ0n) is 9.54. The average Bonchev–Trinajstić information content (AvgIpc) is 2.75. The van der Waals surface area contributed by atoms with E-state index < -0.39 is 0 Å². The molecule has 2 N–H and O–H groups in total. The summed E-state index contributed by atoms with van der Waals surface area (Å²) >= 11 is 1.26. The number of rotatable bonds is 4. The maximum atomic E-state index is 11.7. The Hall–Kier alpha value is -1.56. The number of amides is 1. The Morgan fingerprint density at radius 1 is 1.53 bits per heavy atom. The number of nitrogens with one attached hydrogen (secondary N) is 2. The molecule has 0 bridgehead atoms. The summed E-state index contributed by atoms with van der Waals surface area (Å²) in [6, 6.07) is 1.58. The molecule has 0 unspecified atom stereocenters. The molecule has 0 saturated carbocycles. The van der Waals surface area contributed by atoms with Gasteiger partial charge >= 0.3 is 5.97 Å². The van der Waals surface area contributed by atoms with Crippen LogP contribution in [0.2, 0.25) is 0 Å². The summed E-state index contributed by atoms with van der Waals surface area (Å²) < 4.78 is 5.09. The van der Waals surface area contributed by atoms with Gasteiger partial charge in [0.15, 0.2) is 0 Å². The number of fused-ring (bicyclic) bond motifs is 1. The van der Waals surface area contributed by atoms with Crippen molar-refractivity contribution in [2.75, 3.05) is 18.6 Å². The molecular weight excluding hydrogens is 240 g/mol. The second-order valence-electron chi connectivity index (χ2n) is 3.70. The molecule has 0 aliphatic carbocycles. The van der Waals surface area contributed by atoms with Crippen molar-refractivity contribution in [3.63, 3.8) is 0 Å². The lowest BCUT2D eigenvalue weighted by Gasteiger charge is -2.13. The molecule has 2 rings (SSSR count). The van der Waals surface area contributed by atoms with Crippen LogP contribution in [0.4, 0.5) is 5.00 Å². The fourth-order valence-corrected chi connectivity index (χ4v) is 2.42. The fourth-order valence-electron chi connectivity index (χ4n) is 1.47. The van der Waals surface area contributed by atoms with E-state index in [0.717, 1.165) is 17.8 Å². The number of thiophene rings is 1. The van der Waals surface area contributed by atoms with Crippen LogP contribution in [0.1, 0.15) is 39.8 Å². The largest absolute Gasteiger partial charge is 0.462 e. The predicted molar refractivity (Wildman–Crippen MR) is 65.5 cm³/mol. The number of carbonyl (C=O) groups excluding carboxylic acids is 2. The van der Waals surface area contributed by atoms with Crippen LogP contribution in [-0.2, 0) is 4.74 Å². The third-order valence-electron chi connectivity index (χ3n) is 2.41. The van der Waals surface area contributed by atoms with Crippen LogP contribution in [0.5, 0.6) is 0 Å². The van der Waals surface area contributed by atoms with Gasteiger partial charge in [-0.3, -0.25) is 4.79 Å². The fraction of sp³-hybridized carbons (Fsp3) is 0.455. The van der Waals surface area contributed by atoms with E-state index in [4.69, 9.17) is 4.74 Å². The number of hydrogen-bond acceptors (Lipinski definition) is 5. The molecule has 1 aliphatic heterocycles. The van der Waals surface area contributed by atoms with Crippen LogP contribution in [0.25, 0.3) is 0 Å². The predicted octanol–water partition coefficient (Wildman–Crippen LogP) is 1.82. The smallest absolute Gasteiger partial charge is 0.348 e. The van der Waals surface area contributed by atoms with Crippen molar-refractivity contribution in [2.24, 2.45) is 0 Å². The van der Waals surface area contributed by atoms with Gasteiger partial charge in [0.1, 0.15) is 9.88 Å². The van der Waals surface area contributed by atoms with Crippen molar-refractivity contribution in [2.45, 2.75) is 19.8 Å². The molecule has 1 aliphatic rings. The van der Waals surface area contributed by atoms with Crippen molar-refractivity contribution in [3.05, 3.63) is 16.5 Å². The van der Waals surface area contributed by atoms with E-state index in [1.54, 1.807) is 6.07 Å². The Bertz CT molecular complexity index is 442. The lowest BCUT2D eigenvalue weighted by Crippen LogP contribution is -2.33. The zero-order chi connectivity index (χ0) is 12.3. The van der Waals surface area contributed by atoms with Gasteiger partial charge in [0.2, 0.25) is 0 Å². The van der Waals surface area contributed by atoms with Gasteiger partial charge in [-0.25, -0.2) is 4.79 Å². The summed E-state index contributed by atoms with van der Waals surface area (Å²) in [5, 5.41) is 6.39. The van der Waals surface area contributed by atoms with Gasteiger partial charge in [0.05, 0.1) is 18.8 Å². The first-order valence-electron chi connectivity index (χ1n) is 5.55. The van der Waals surface area contributed by atoms with Gasteiger partial charge in [0.25, 0.3) is 5.91 Å². The van der Waals surface area contributed by atoms with E-state index in [1.807, 2.05) is 6.92 Å². The van der Waals surface area contributed by atoms with Gasteiger partial charge in [-0.1, -0.05) is 13.3 Å². The molecule has 0 spiro atoms. The number of hydrogen-bond donors (Lipinski definition) is 2. The first-order valence-corrected chi connectivity index (χ1v) is 6.37. The summed E-state index contributed by atoms with van der Waals surface area (Å²) in [7, 11) is 0. The van der Waals surface area contributed by atoms with Crippen molar-refractivity contribution in [3.8, 4) is 0 Å². The molecule has 17 heavy (non-hydrogen) atoms. The Morgan fingerprint density at radius 3 is 3.06 bits per heavy atom. The van der Waals surface area contributed by atoms with Crippen LogP contribution in [0, 0.1) is 0 Å². The highest BCUT2D eigenvalue weighted by Gasteiger charge is 2.22. The number of unbranched alkanes of at least 4 members (excludes halogenated alkanes) is 1. The molecule has 1 aromatic heterocycles. The van der Waals surface area contributed by atoms with Crippen LogP contribution in [-0.4, -0.2) is 25.2 Å². The summed E-state index contributed by atoms with van der Waals surface area (Å²) in [5.41, 5.74) is 0.517. The van der Waals surface area contributed by atoms with E-state index in [2.05, 4.69) is 10.6 Å². The van der Waals surface area contributed by atoms with Crippen LogP contribution < -0.4 is 10.6 Å². The minimum atomic E-state index is -0.354. The summed E-state index contributed by atoms with van der Waals surface area (Å²) in [5.74, 6) is -0.505. The summed E-state index contributed by atoms with van der Waals surface area (Å²) in [6.45, 7) is 2.86. The number of ether oxygens (including phenoxy) is 1. The third kappa shape index (κ3) is 2.58. The second kappa shape index (κ2) is 5.18. The van der Waals surface area contributed by atoms with Crippen molar-refractivity contribution in [1.29, 1.82) is 0 Å². The number of carbonyl (C=O) groups is 2. The lowest BCUT2D eigenvalue weighted by atomic mass is 10.2. The molecule has 0 saturated heterocycles. The standard InChI is InChI=1S/C11H14N2O3S/c1-2-3-4-16-11(15)8-5-7-9(14)12-6-13-10(7)17-8/h5,13H,2-4,6H2,1H3,(H,12,14). The maximum Gasteiger partial charge on any atom is 0.348 e. The lowest BCUT2D eigenvalue weighted by molar-refractivity contribution is 0.0505. The van der Waals surface area contributed by atoms with E-state index in [0.29, 0.717) is 23.7 Å². The van der Waals surface area contributed by atoms with Crippen molar-refractivity contribution < 1.29 is 14.3 Å². The van der Waals surface area contributed by atoms with Crippen molar-refractivity contribution >= 4 is 28.2 Å². The van der Waals surface area contributed by atoms with E-state index in [9.17, 15) is 9.59 Å². The number of anilines is 1. The average molecular weight is 254 g/mol. The second-order valence-corrected chi connectivity index (χ2v) is 4.75. The van der Waals surface area contributed by atoms with Crippen molar-refractivity contribution in [1.82, 2.24) is 5.32 Å². The van der Waals surface area contributed by atoms with Gasteiger partial charge in [-0.15, -0.1) is 11.3 Å². The summed E-state index contributed by atoms with van der Waals surface area (Å²) in [6.07, 6.45) is 1.84. The Balaban J connectivity index is 2.07. The molecule has 92 valence electrons. The first-order chi connectivity index (χ1) is 8.22. The van der Waals surface area contributed by atoms with E-state index in [1.165, 1.54) is 11.3 Å². The van der Waals surface area contributed by atoms with E-state index in [-0.39, 0.29) is 11.9 Å². The molecule has 6 heteroatoms. The van der Waals surface area contributed by atoms with Gasteiger partial charge < -0.3 is 15.4 Å². The highest BCUT2D eigenvalue weighted by molar-refractivity contribution is 7.18. The highest BCUT2D eigenvalue weighted by atomic mass is 32.1. The van der Waals surface area contributed by atoms with Crippen LogP contribution >= 0.6 is 11.3 Å². The minimum Gasteiger partial charge on any atom is -0.462 e. The molecule has 1 aromatic rings. The van der Waals surface area contributed by atoms with Crippen LogP contribution in [0.3, 0.4) is 0 Å². The number of esters is 1.